The maximum Gasteiger partial charge on any atom is 0.124 e. The van der Waals surface area contributed by atoms with E-state index in [2.05, 4.69) is 37.7 Å². The van der Waals surface area contributed by atoms with Crippen molar-refractivity contribution in [1.29, 1.82) is 0 Å². The van der Waals surface area contributed by atoms with Gasteiger partial charge in [-0.2, -0.15) is 0 Å². The molecular weight excluding hydrogens is 252 g/mol. The summed E-state index contributed by atoms with van der Waals surface area (Å²) in [6, 6.07) is 8.06. The van der Waals surface area contributed by atoms with Crippen molar-refractivity contribution < 1.29 is 9.84 Å². The molecule has 0 saturated heterocycles. The third kappa shape index (κ3) is 4.78. The summed E-state index contributed by atoms with van der Waals surface area (Å²) in [6.45, 7) is 6.83. The van der Waals surface area contributed by atoms with E-state index in [1.54, 1.807) is 7.11 Å². The zero-order valence-corrected chi connectivity index (χ0v) is 13.3. The van der Waals surface area contributed by atoms with Gasteiger partial charge in [-0.3, -0.25) is 4.90 Å². The third-order valence-corrected chi connectivity index (χ3v) is 3.56. The van der Waals surface area contributed by atoms with Crippen molar-refractivity contribution in [2.45, 2.75) is 26.0 Å². The summed E-state index contributed by atoms with van der Waals surface area (Å²) < 4.78 is 5.32. The van der Waals surface area contributed by atoms with Gasteiger partial charge in [0.2, 0.25) is 0 Å². The van der Waals surface area contributed by atoms with E-state index >= 15 is 0 Å². The molecule has 0 aromatic heterocycles. The second-order valence-electron chi connectivity index (χ2n) is 5.46. The molecule has 20 heavy (non-hydrogen) atoms. The monoisotopic (exact) mass is 280 g/mol. The number of hydrogen-bond acceptors (Lipinski definition) is 4. The van der Waals surface area contributed by atoms with E-state index < -0.39 is 6.10 Å². The fourth-order valence-electron chi connectivity index (χ4n) is 2.53. The topological polar surface area (TPSA) is 35.9 Å². The highest BCUT2D eigenvalue weighted by atomic mass is 16.5. The van der Waals surface area contributed by atoms with Gasteiger partial charge in [-0.05, 0) is 33.6 Å². The lowest BCUT2D eigenvalue weighted by molar-refractivity contribution is 0.0842. The lowest BCUT2D eigenvalue weighted by Gasteiger charge is -2.31. The molecular formula is C16H28N2O2. The van der Waals surface area contributed by atoms with Crippen molar-refractivity contribution in [3.05, 3.63) is 29.8 Å². The SMILES string of the molecule is CCN(CC(O)c1ccccc1OC)C(C)CN(C)C. The summed E-state index contributed by atoms with van der Waals surface area (Å²) in [5.74, 6) is 0.747. The number of para-hydroxylation sites is 1. The number of aliphatic hydroxyl groups is 1. The zero-order valence-electron chi connectivity index (χ0n) is 13.3. The predicted molar refractivity (Wildman–Crippen MR) is 83.2 cm³/mol. The second kappa shape index (κ2) is 8.25. The van der Waals surface area contributed by atoms with Crippen molar-refractivity contribution in [3.63, 3.8) is 0 Å². The molecule has 0 aliphatic carbocycles. The minimum absolute atomic E-state index is 0.402. The Bertz CT molecular complexity index is 396. The molecule has 4 nitrogen and oxygen atoms in total. The van der Waals surface area contributed by atoms with Crippen LogP contribution in [0.15, 0.2) is 24.3 Å². The number of nitrogens with zero attached hydrogens (tertiary/aromatic N) is 2. The number of likely N-dealkylation sites (N-methyl/N-ethyl adjacent to an activating group) is 2. The molecule has 0 bridgehead atoms. The highest BCUT2D eigenvalue weighted by molar-refractivity contribution is 5.35. The van der Waals surface area contributed by atoms with Crippen LogP contribution in [0.3, 0.4) is 0 Å². The third-order valence-electron chi connectivity index (χ3n) is 3.56. The molecule has 2 unspecified atom stereocenters. The van der Waals surface area contributed by atoms with E-state index in [0.717, 1.165) is 24.4 Å². The van der Waals surface area contributed by atoms with Crippen molar-refractivity contribution in [2.24, 2.45) is 0 Å². The Hall–Kier alpha value is -1.10. The average molecular weight is 280 g/mol. The summed E-state index contributed by atoms with van der Waals surface area (Å²) in [5, 5.41) is 10.5. The first-order valence-electron chi connectivity index (χ1n) is 7.19. The summed E-state index contributed by atoms with van der Waals surface area (Å²) in [4.78, 5) is 4.46. The smallest absolute Gasteiger partial charge is 0.124 e. The summed E-state index contributed by atoms with van der Waals surface area (Å²) in [5.41, 5.74) is 0.852. The number of aliphatic hydroxyl groups excluding tert-OH is 1. The van der Waals surface area contributed by atoms with Crippen LogP contribution in [-0.2, 0) is 0 Å². The van der Waals surface area contributed by atoms with Gasteiger partial charge in [-0.1, -0.05) is 25.1 Å². The first-order chi connectivity index (χ1) is 9.49. The largest absolute Gasteiger partial charge is 0.496 e. The quantitative estimate of drug-likeness (QED) is 0.790. The lowest BCUT2D eigenvalue weighted by Crippen LogP contribution is -2.42. The standard InChI is InChI=1S/C16H28N2O2/c1-6-18(13(2)11-17(3)4)12-15(19)14-9-7-8-10-16(14)20-5/h7-10,13,15,19H,6,11-12H2,1-5H3. The predicted octanol–water partition coefficient (Wildman–Crippen LogP) is 2.00. The second-order valence-corrected chi connectivity index (χ2v) is 5.46. The number of rotatable bonds is 8. The van der Waals surface area contributed by atoms with Crippen LogP contribution in [0.5, 0.6) is 5.75 Å². The molecule has 0 aliphatic heterocycles. The molecule has 0 amide bonds. The first-order valence-corrected chi connectivity index (χ1v) is 7.19. The Balaban J connectivity index is 2.74. The molecule has 114 valence electrons. The summed E-state index contributed by atoms with van der Waals surface area (Å²) in [6.07, 6.45) is -0.532. The van der Waals surface area contributed by atoms with Crippen LogP contribution in [-0.4, -0.2) is 61.8 Å². The Labute approximate surface area is 123 Å². The van der Waals surface area contributed by atoms with Gasteiger partial charge in [0.25, 0.3) is 0 Å². The van der Waals surface area contributed by atoms with Gasteiger partial charge in [-0.25, -0.2) is 0 Å². The molecule has 0 fully saturated rings. The van der Waals surface area contributed by atoms with Crippen LogP contribution in [0.2, 0.25) is 0 Å². The van der Waals surface area contributed by atoms with E-state index in [9.17, 15) is 5.11 Å². The van der Waals surface area contributed by atoms with Crippen molar-refractivity contribution in [1.82, 2.24) is 9.80 Å². The lowest BCUT2D eigenvalue weighted by atomic mass is 10.1. The van der Waals surface area contributed by atoms with Crippen LogP contribution < -0.4 is 4.74 Å². The van der Waals surface area contributed by atoms with Crippen molar-refractivity contribution in [3.8, 4) is 5.75 Å². The van der Waals surface area contributed by atoms with Crippen LogP contribution in [0.25, 0.3) is 0 Å². The van der Waals surface area contributed by atoms with Gasteiger partial charge in [0.1, 0.15) is 5.75 Å². The molecule has 0 saturated carbocycles. The van der Waals surface area contributed by atoms with Crippen molar-refractivity contribution >= 4 is 0 Å². The molecule has 0 heterocycles. The molecule has 1 aromatic rings. The Morgan fingerprint density at radius 3 is 2.40 bits per heavy atom. The summed E-state index contributed by atoms with van der Waals surface area (Å²) >= 11 is 0. The molecule has 4 heteroatoms. The fraction of sp³-hybridized carbons (Fsp3) is 0.625. The Morgan fingerprint density at radius 2 is 1.85 bits per heavy atom. The van der Waals surface area contributed by atoms with Crippen LogP contribution in [0.1, 0.15) is 25.5 Å². The fourth-order valence-corrected chi connectivity index (χ4v) is 2.53. The normalized spacial score (nSPS) is 14.6. The van der Waals surface area contributed by atoms with E-state index in [-0.39, 0.29) is 0 Å². The van der Waals surface area contributed by atoms with E-state index in [4.69, 9.17) is 4.74 Å². The van der Waals surface area contributed by atoms with Gasteiger partial charge in [0.15, 0.2) is 0 Å². The van der Waals surface area contributed by atoms with Gasteiger partial charge in [0.05, 0.1) is 13.2 Å². The first kappa shape index (κ1) is 17.0. The van der Waals surface area contributed by atoms with E-state index in [1.807, 2.05) is 24.3 Å². The molecule has 1 rings (SSSR count). The van der Waals surface area contributed by atoms with Crippen molar-refractivity contribution in [2.75, 3.05) is 40.8 Å². The van der Waals surface area contributed by atoms with Gasteiger partial charge in [0, 0.05) is 24.7 Å². The maximum atomic E-state index is 10.5. The Kier molecular flexibility index (Phi) is 6.99. The minimum Gasteiger partial charge on any atom is -0.496 e. The summed E-state index contributed by atoms with van der Waals surface area (Å²) in [7, 11) is 5.78. The van der Waals surface area contributed by atoms with Crippen LogP contribution in [0.4, 0.5) is 0 Å². The number of methoxy groups -OCH3 is 1. The average Bonchev–Trinajstić information content (AvgIpc) is 2.43. The van der Waals surface area contributed by atoms with Crippen LogP contribution >= 0.6 is 0 Å². The molecule has 0 aliphatic rings. The maximum absolute atomic E-state index is 10.5. The number of ether oxygens (including phenoxy) is 1. The highest BCUT2D eigenvalue weighted by Crippen LogP contribution is 2.25. The molecule has 1 aromatic carbocycles. The van der Waals surface area contributed by atoms with Gasteiger partial charge >= 0.3 is 0 Å². The van der Waals surface area contributed by atoms with Gasteiger partial charge < -0.3 is 14.7 Å². The van der Waals surface area contributed by atoms with Gasteiger partial charge in [-0.15, -0.1) is 0 Å². The zero-order chi connectivity index (χ0) is 15.1. The van der Waals surface area contributed by atoms with E-state index in [1.165, 1.54) is 0 Å². The molecule has 0 radical (unpaired) electrons. The van der Waals surface area contributed by atoms with E-state index in [0.29, 0.717) is 12.6 Å². The molecule has 0 spiro atoms. The number of hydrogen-bond donors (Lipinski definition) is 1. The molecule has 2 atom stereocenters. The Morgan fingerprint density at radius 1 is 1.20 bits per heavy atom. The number of benzene rings is 1. The highest BCUT2D eigenvalue weighted by Gasteiger charge is 2.19. The minimum atomic E-state index is -0.532. The van der Waals surface area contributed by atoms with Crippen LogP contribution in [0, 0.1) is 0 Å². The molecule has 1 N–H and O–H groups in total.